The fourth-order valence-corrected chi connectivity index (χ4v) is 4.28. The molecule has 1 atom stereocenters. The van der Waals surface area contributed by atoms with Crippen LogP contribution < -0.4 is 10.6 Å². The van der Waals surface area contributed by atoms with Crippen molar-refractivity contribution in [3.05, 3.63) is 71.4 Å². The van der Waals surface area contributed by atoms with Gasteiger partial charge in [-0.15, -0.1) is 0 Å². The van der Waals surface area contributed by atoms with Crippen LogP contribution in [0.1, 0.15) is 47.8 Å². The third-order valence-electron chi connectivity index (χ3n) is 6.64. The van der Waals surface area contributed by atoms with Crippen LogP contribution in [0.15, 0.2) is 54.6 Å². The minimum Gasteiger partial charge on any atom is -0.477 e. The number of rotatable bonds is 8. The number of benzene rings is 2. The highest BCUT2D eigenvalue weighted by atomic mass is 16.5. The molecule has 0 saturated carbocycles. The third kappa shape index (κ3) is 4.75. The van der Waals surface area contributed by atoms with Crippen LogP contribution in [0.2, 0.25) is 0 Å². The van der Waals surface area contributed by atoms with Crippen molar-refractivity contribution in [3.8, 4) is 11.1 Å². The van der Waals surface area contributed by atoms with Gasteiger partial charge in [-0.25, -0.2) is 9.59 Å². The molecule has 1 aliphatic carbocycles. The second-order valence-corrected chi connectivity index (χ2v) is 8.89. The van der Waals surface area contributed by atoms with E-state index < -0.39 is 17.5 Å². The van der Waals surface area contributed by atoms with Gasteiger partial charge in [0.15, 0.2) is 5.82 Å². The van der Waals surface area contributed by atoms with E-state index in [0.29, 0.717) is 6.42 Å². The number of carbonyl (C=O) groups is 3. The predicted octanol–water partition coefficient (Wildman–Crippen LogP) is 4.01. The summed E-state index contributed by atoms with van der Waals surface area (Å²) in [7, 11) is 1.48. The Morgan fingerprint density at radius 1 is 1.09 bits per heavy atom. The Labute approximate surface area is 203 Å². The number of aromatic carboxylic acids is 1. The van der Waals surface area contributed by atoms with Gasteiger partial charge in [-0.05, 0) is 35.6 Å². The normalized spacial score (nSPS) is 13.9. The number of anilines is 1. The smallest absolute Gasteiger partial charge is 0.407 e. The molecule has 182 valence electrons. The maximum Gasteiger partial charge on any atom is 0.407 e. The molecule has 3 N–H and O–H groups in total. The van der Waals surface area contributed by atoms with Crippen molar-refractivity contribution in [2.45, 2.75) is 26.2 Å². The summed E-state index contributed by atoms with van der Waals surface area (Å²) >= 11 is 0. The Kier molecular flexibility index (Phi) is 6.59. The van der Waals surface area contributed by atoms with Gasteiger partial charge >= 0.3 is 12.1 Å². The molecule has 0 aliphatic heterocycles. The first-order chi connectivity index (χ1) is 16.7. The fourth-order valence-electron chi connectivity index (χ4n) is 4.28. The van der Waals surface area contributed by atoms with Crippen LogP contribution in [0.5, 0.6) is 0 Å². The number of amides is 2. The van der Waals surface area contributed by atoms with Gasteiger partial charge in [0.2, 0.25) is 5.91 Å². The molecule has 0 spiro atoms. The fraction of sp³-hybridized carbons (Fsp3) is 0.308. The van der Waals surface area contributed by atoms with Gasteiger partial charge in [0, 0.05) is 25.6 Å². The molecule has 2 aromatic carbocycles. The van der Waals surface area contributed by atoms with Crippen molar-refractivity contribution >= 4 is 23.8 Å². The maximum atomic E-state index is 12.9. The lowest BCUT2D eigenvalue weighted by molar-refractivity contribution is -0.124. The van der Waals surface area contributed by atoms with Crippen LogP contribution in [0.25, 0.3) is 11.1 Å². The topological polar surface area (TPSA) is 123 Å². The summed E-state index contributed by atoms with van der Waals surface area (Å²) in [6.45, 7) is 3.78. The number of nitrogens with one attached hydrogen (secondary N) is 2. The molecule has 3 aromatic rings. The quantitative estimate of drug-likeness (QED) is 0.451. The number of carbonyl (C=O) groups excluding carboxylic acids is 2. The Bertz CT molecular complexity index is 1240. The van der Waals surface area contributed by atoms with Gasteiger partial charge in [-0.2, -0.15) is 5.10 Å². The van der Waals surface area contributed by atoms with E-state index >= 15 is 0 Å². The second kappa shape index (κ2) is 9.61. The monoisotopic (exact) mass is 476 g/mol. The number of aromatic nitrogens is 2. The Balaban J connectivity index is 1.36. The molecule has 35 heavy (non-hydrogen) atoms. The van der Waals surface area contributed by atoms with E-state index in [4.69, 9.17) is 9.84 Å². The summed E-state index contributed by atoms with van der Waals surface area (Å²) in [5.74, 6) is -1.44. The molecule has 1 aliphatic rings. The summed E-state index contributed by atoms with van der Waals surface area (Å²) in [4.78, 5) is 36.7. The van der Waals surface area contributed by atoms with E-state index in [2.05, 4.69) is 27.9 Å². The lowest BCUT2D eigenvalue weighted by Crippen LogP contribution is -2.43. The molecule has 1 aromatic heterocycles. The SMILES string of the molecule is CCC(C)(CNC(=O)OCC1c2ccccc2-c2ccccc21)C(=O)Nc1cc(C(=O)O)n(C)n1. The molecular weight excluding hydrogens is 448 g/mol. The van der Waals surface area contributed by atoms with Gasteiger partial charge in [0.25, 0.3) is 0 Å². The Morgan fingerprint density at radius 2 is 1.69 bits per heavy atom. The van der Waals surface area contributed by atoms with E-state index in [9.17, 15) is 14.4 Å². The number of carboxylic acid groups (broad SMARTS) is 1. The van der Waals surface area contributed by atoms with Gasteiger partial charge in [0.05, 0.1) is 5.41 Å². The summed E-state index contributed by atoms with van der Waals surface area (Å²) in [6, 6.07) is 17.5. The van der Waals surface area contributed by atoms with Gasteiger partial charge in [-0.1, -0.05) is 55.5 Å². The molecular formula is C26H28N4O5. The highest BCUT2D eigenvalue weighted by Crippen LogP contribution is 2.44. The van der Waals surface area contributed by atoms with E-state index in [0.717, 1.165) is 22.3 Å². The van der Waals surface area contributed by atoms with Gasteiger partial charge in [-0.3, -0.25) is 9.48 Å². The van der Waals surface area contributed by atoms with Gasteiger partial charge < -0.3 is 20.5 Å². The van der Waals surface area contributed by atoms with E-state index in [1.165, 1.54) is 17.8 Å². The molecule has 2 amide bonds. The molecule has 0 saturated heterocycles. The first-order valence-corrected chi connectivity index (χ1v) is 11.4. The summed E-state index contributed by atoms with van der Waals surface area (Å²) < 4.78 is 6.74. The lowest BCUT2D eigenvalue weighted by Gasteiger charge is -2.26. The number of alkyl carbamates (subject to hydrolysis) is 1. The zero-order valence-corrected chi connectivity index (χ0v) is 19.9. The van der Waals surface area contributed by atoms with Crippen molar-refractivity contribution in [3.63, 3.8) is 0 Å². The minimum absolute atomic E-state index is 0.0461. The number of carboxylic acids is 1. The van der Waals surface area contributed by atoms with Crippen molar-refractivity contribution in [2.75, 3.05) is 18.5 Å². The van der Waals surface area contributed by atoms with Crippen molar-refractivity contribution in [2.24, 2.45) is 12.5 Å². The number of hydrogen-bond acceptors (Lipinski definition) is 5. The first kappa shape index (κ1) is 24.0. The summed E-state index contributed by atoms with van der Waals surface area (Å²) in [5, 5.41) is 18.5. The molecule has 0 bridgehead atoms. The first-order valence-electron chi connectivity index (χ1n) is 11.4. The molecule has 9 nitrogen and oxygen atoms in total. The number of ether oxygens (including phenoxy) is 1. The molecule has 9 heteroatoms. The van der Waals surface area contributed by atoms with Crippen molar-refractivity contribution in [1.29, 1.82) is 0 Å². The number of nitrogens with zero attached hydrogens (tertiary/aromatic N) is 2. The van der Waals surface area contributed by atoms with E-state index in [1.54, 1.807) is 6.92 Å². The molecule has 1 unspecified atom stereocenters. The zero-order chi connectivity index (χ0) is 25.2. The highest BCUT2D eigenvalue weighted by molar-refractivity contribution is 5.96. The largest absolute Gasteiger partial charge is 0.477 e. The standard InChI is InChI=1S/C26H28N4O5/c1-4-26(2,24(33)28-22-13-21(23(31)32)30(3)29-22)15-27-25(34)35-14-20-18-11-7-5-9-16(18)17-10-6-8-12-19(17)20/h5-13,20H,4,14-15H2,1-3H3,(H,27,34)(H,31,32)(H,28,29,33). The van der Waals surface area contributed by atoms with Crippen molar-refractivity contribution < 1.29 is 24.2 Å². The average molecular weight is 477 g/mol. The molecule has 0 fully saturated rings. The lowest BCUT2D eigenvalue weighted by atomic mass is 9.86. The summed E-state index contributed by atoms with van der Waals surface area (Å²) in [5.41, 5.74) is 3.54. The number of fused-ring (bicyclic) bond motifs is 3. The van der Waals surface area contributed by atoms with Crippen LogP contribution in [-0.2, 0) is 16.6 Å². The minimum atomic E-state index is -1.14. The molecule has 0 radical (unpaired) electrons. The van der Waals surface area contributed by atoms with Gasteiger partial charge in [0.1, 0.15) is 12.3 Å². The predicted molar refractivity (Wildman–Crippen MR) is 130 cm³/mol. The highest BCUT2D eigenvalue weighted by Gasteiger charge is 2.33. The van der Waals surface area contributed by atoms with Crippen LogP contribution in [0.4, 0.5) is 10.6 Å². The second-order valence-electron chi connectivity index (χ2n) is 8.89. The average Bonchev–Trinajstić information content (AvgIpc) is 3.38. The Morgan fingerprint density at radius 3 is 2.23 bits per heavy atom. The van der Waals surface area contributed by atoms with E-state index in [1.807, 2.05) is 43.3 Å². The van der Waals surface area contributed by atoms with Crippen LogP contribution >= 0.6 is 0 Å². The van der Waals surface area contributed by atoms with E-state index in [-0.39, 0.29) is 36.5 Å². The Hall–Kier alpha value is -4.14. The summed E-state index contributed by atoms with van der Waals surface area (Å²) in [6.07, 6.45) is -0.175. The number of aryl methyl sites for hydroxylation is 1. The molecule has 1 heterocycles. The maximum absolute atomic E-state index is 12.9. The zero-order valence-electron chi connectivity index (χ0n) is 19.9. The van der Waals surface area contributed by atoms with Crippen LogP contribution in [0.3, 0.4) is 0 Å². The van der Waals surface area contributed by atoms with Crippen LogP contribution in [0, 0.1) is 5.41 Å². The van der Waals surface area contributed by atoms with Crippen LogP contribution in [-0.4, -0.2) is 46.0 Å². The third-order valence-corrected chi connectivity index (χ3v) is 6.64. The van der Waals surface area contributed by atoms with Crippen molar-refractivity contribution in [1.82, 2.24) is 15.1 Å². The molecule has 4 rings (SSSR count). The number of hydrogen-bond donors (Lipinski definition) is 3.